The lowest BCUT2D eigenvalue weighted by Crippen LogP contribution is -2.25. The zero-order valence-corrected chi connectivity index (χ0v) is 35.7. The van der Waals surface area contributed by atoms with E-state index in [-0.39, 0.29) is 0 Å². The third-order valence-corrected chi connectivity index (χ3v) is 14.8. The Morgan fingerprint density at radius 2 is 1.00 bits per heavy atom. The van der Waals surface area contributed by atoms with Gasteiger partial charge in [-0.2, -0.15) is 0 Å². The molecule has 304 valence electrons. The highest BCUT2D eigenvalue weighted by Gasteiger charge is 2.52. The summed E-state index contributed by atoms with van der Waals surface area (Å²) in [5, 5.41) is 2.57. The number of nitrogens with zero attached hydrogens (tertiary/aromatic N) is 2. The first kappa shape index (κ1) is 36.3. The fourth-order valence-electron chi connectivity index (χ4n) is 10.9. The molecule has 9 aromatic carbocycles. The van der Waals surface area contributed by atoms with E-state index in [9.17, 15) is 0 Å². The van der Waals surface area contributed by atoms with Crippen LogP contribution in [-0.4, -0.2) is 4.98 Å². The molecule has 14 rings (SSSR count). The molecule has 11 aromatic rings. The summed E-state index contributed by atoms with van der Waals surface area (Å²) in [5.41, 5.74) is 17.0. The van der Waals surface area contributed by atoms with Crippen LogP contribution in [0.2, 0.25) is 0 Å². The maximum absolute atomic E-state index is 6.81. The molecule has 4 nitrogen and oxygen atoms in total. The Morgan fingerprint density at radius 1 is 0.400 bits per heavy atom. The number of thiophene rings is 1. The Bertz CT molecular complexity index is 3710. The largest absolute Gasteiger partial charge is 0.448 e. The molecule has 3 aliphatic rings. The Kier molecular flexibility index (Phi) is 7.74. The quantitative estimate of drug-likeness (QED) is 0.173. The molecule has 0 bridgehead atoms. The van der Waals surface area contributed by atoms with Crippen LogP contribution in [0.1, 0.15) is 22.3 Å². The molecule has 0 saturated carbocycles. The van der Waals surface area contributed by atoms with E-state index in [1.165, 1.54) is 70.2 Å². The number of fused-ring (bicyclic) bond motifs is 15. The molecule has 0 saturated heterocycles. The first-order valence-corrected chi connectivity index (χ1v) is 22.8. The Hall–Kier alpha value is -8.25. The van der Waals surface area contributed by atoms with Crippen molar-refractivity contribution in [3.8, 4) is 67.6 Å². The second-order valence-electron chi connectivity index (χ2n) is 17.0. The fourth-order valence-corrected chi connectivity index (χ4v) is 12.1. The molecule has 0 atom stereocenters. The number of benzene rings is 9. The highest BCUT2D eigenvalue weighted by Crippen LogP contribution is 2.64. The molecule has 0 fully saturated rings. The summed E-state index contributed by atoms with van der Waals surface area (Å²) in [4.78, 5) is 7.28. The lowest BCUT2D eigenvalue weighted by atomic mass is 9.70. The smallest absolute Gasteiger partial charge is 0.263 e. The molecule has 2 aliphatic carbocycles. The third kappa shape index (κ3) is 5.21. The summed E-state index contributed by atoms with van der Waals surface area (Å²) in [7, 11) is 0. The van der Waals surface area contributed by atoms with Crippen molar-refractivity contribution in [3.05, 3.63) is 241 Å². The van der Waals surface area contributed by atoms with Crippen molar-refractivity contribution >= 4 is 48.6 Å². The van der Waals surface area contributed by atoms with Crippen LogP contribution in [0.15, 0.2) is 219 Å². The van der Waals surface area contributed by atoms with Gasteiger partial charge in [0.1, 0.15) is 0 Å². The van der Waals surface area contributed by atoms with Crippen molar-refractivity contribution in [2.24, 2.45) is 0 Å². The van der Waals surface area contributed by atoms with Crippen LogP contribution in [0.5, 0.6) is 23.1 Å². The maximum Gasteiger partial charge on any atom is 0.263 e. The molecule has 1 spiro atoms. The second-order valence-corrected chi connectivity index (χ2v) is 18.0. The summed E-state index contributed by atoms with van der Waals surface area (Å²) >= 11 is 1.86. The predicted molar refractivity (Wildman–Crippen MR) is 266 cm³/mol. The zero-order chi connectivity index (χ0) is 42.6. The van der Waals surface area contributed by atoms with Crippen LogP contribution in [0.25, 0.3) is 64.7 Å². The van der Waals surface area contributed by atoms with E-state index < -0.39 is 5.41 Å². The van der Waals surface area contributed by atoms with Crippen LogP contribution in [-0.2, 0) is 5.41 Å². The molecule has 0 radical (unpaired) electrons. The van der Waals surface area contributed by atoms with Gasteiger partial charge in [0.2, 0.25) is 0 Å². The Balaban J connectivity index is 0.859. The molecule has 2 aromatic heterocycles. The van der Waals surface area contributed by atoms with Gasteiger partial charge in [-0.25, -0.2) is 4.98 Å². The summed E-state index contributed by atoms with van der Waals surface area (Å²) in [6, 6.07) is 76.3. The predicted octanol–water partition coefficient (Wildman–Crippen LogP) is 16.5. The normalized spacial score (nSPS) is 13.3. The number of hydrogen-bond donors (Lipinski definition) is 0. The molecular weight excluding hydrogens is 813 g/mol. The number of ether oxygens (including phenoxy) is 2. The summed E-state index contributed by atoms with van der Waals surface area (Å²) in [6.45, 7) is 0. The van der Waals surface area contributed by atoms with Gasteiger partial charge in [0.25, 0.3) is 5.88 Å². The van der Waals surface area contributed by atoms with Gasteiger partial charge in [0.05, 0.1) is 11.1 Å². The first-order valence-electron chi connectivity index (χ1n) is 22.0. The molecular formula is C60H36N2O2S. The minimum Gasteiger partial charge on any atom is -0.448 e. The molecule has 1 aliphatic heterocycles. The van der Waals surface area contributed by atoms with Gasteiger partial charge in [0.15, 0.2) is 17.2 Å². The van der Waals surface area contributed by atoms with Gasteiger partial charge in [0, 0.05) is 54.4 Å². The van der Waals surface area contributed by atoms with Crippen LogP contribution in [0, 0.1) is 0 Å². The minimum atomic E-state index is -0.472. The Morgan fingerprint density at radius 3 is 1.78 bits per heavy atom. The van der Waals surface area contributed by atoms with E-state index >= 15 is 0 Å². The number of para-hydroxylation sites is 2. The average molecular weight is 849 g/mol. The van der Waals surface area contributed by atoms with Crippen LogP contribution >= 0.6 is 11.3 Å². The topological polar surface area (TPSA) is 34.6 Å². The van der Waals surface area contributed by atoms with Crippen molar-refractivity contribution in [2.75, 3.05) is 4.90 Å². The van der Waals surface area contributed by atoms with E-state index in [2.05, 4.69) is 217 Å². The molecule has 0 N–H and O–H groups in total. The standard InChI is InChI=1S/C60H36N2O2S/c1-2-17-39(18-3-1)62(53-30-12-7-23-44(53)46-25-15-26-47-45-24-8-13-31-57(45)65-58(46)47)40-19-14-16-37(32-40)38-33-56-59(61-36-38)64-55-35-52-48(34-54(55)63-56)43-22-6-11-29-51(43)60(52)49-27-9-4-20-41(49)42-21-5-10-28-50(42)60/h1-36H. The second kappa shape index (κ2) is 13.9. The number of pyridine rings is 1. The maximum atomic E-state index is 6.81. The molecule has 3 heterocycles. The third-order valence-electron chi connectivity index (χ3n) is 13.6. The van der Waals surface area contributed by atoms with Gasteiger partial charge >= 0.3 is 0 Å². The van der Waals surface area contributed by atoms with Gasteiger partial charge in [-0.15, -0.1) is 11.3 Å². The minimum absolute atomic E-state index is 0.449. The number of anilines is 3. The summed E-state index contributed by atoms with van der Waals surface area (Å²) in [6.07, 6.45) is 1.89. The lowest BCUT2D eigenvalue weighted by molar-refractivity contribution is 0.347. The lowest BCUT2D eigenvalue weighted by Gasteiger charge is -2.31. The fraction of sp³-hybridized carbons (Fsp3) is 0.0167. The number of aromatic nitrogens is 1. The van der Waals surface area contributed by atoms with Gasteiger partial charge < -0.3 is 14.4 Å². The monoisotopic (exact) mass is 848 g/mol. The SMILES string of the molecule is c1ccc(N(c2cccc(-c3cnc4c(c3)Oc3cc5c(cc3O4)C3(c4ccccc4-c4ccccc43)c3ccccc3-5)c2)c2ccccc2-c2cccc3c2sc2ccccc23)cc1. The molecule has 65 heavy (non-hydrogen) atoms. The Labute approximate surface area is 379 Å². The van der Waals surface area contributed by atoms with Gasteiger partial charge in [-0.05, 0) is 105 Å². The zero-order valence-electron chi connectivity index (χ0n) is 34.9. The molecule has 0 amide bonds. The van der Waals surface area contributed by atoms with E-state index in [4.69, 9.17) is 14.5 Å². The first-order chi connectivity index (χ1) is 32.2. The number of hydrogen-bond acceptors (Lipinski definition) is 5. The van der Waals surface area contributed by atoms with Gasteiger partial charge in [-0.1, -0.05) is 158 Å². The van der Waals surface area contributed by atoms with Gasteiger partial charge in [-0.3, -0.25) is 0 Å². The van der Waals surface area contributed by atoms with Crippen molar-refractivity contribution in [2.45, 2.75) is 5.41 Å². The molecule has 5 heteroatoms. The van der Waals surface area contributed by atoms with Crippen LogP contribution in [0.3, 0.4) is 0 Å². The molecule has 0 unspecified atom stereocenters. The average Bonchev–Trinajstić information content (AvgIpc) is 4.00. The van der Waals surface area contributed by atoms with E-state index in [0.717, 1.165) is 33.8 Å². The van der Waals surface area contributed by atoms with Crippen molar-refractivity contribution in [3.63, 3.8) is 0 Å². The van der Waals surface area contributed by atoms with Crippen LogP contribution in [0.4, 0.5) is 17.1 Å². The van der Waals surface area contributed by atoms with Crippen LogP contribution < -0.4 is 14.4 Å². The van der Waals surface area contributed by atoms with Crippen molar-refractivity contribution in [1.29, 1.82) is 0 Å². The summed E-state index contributed by atoms with van der Waals surface area (Å²) in [5.74, 6) is 2.37. The summed E-state index contributed by atoms with van der Waals surface area (Å²) < 4.78 is 16.1. The highest BCUT2D eigenvalue weighted by atomic mass is 32.1. The van der Waals surface area contributed by atoms with Crippen molar-refractivity contribution < 1.29 is 9.47 Å². The van der Waals surface area contributed by atoms with E-state index in [1.54, 1.807) is 0 Å². The number of rotatable bonds is 5. The van der Waals surface area contributed by atoms with E-state index in [1.807, 2.05) is 17.5 Å². The van der Waals surface area contributed by atoms with Crippen molar-refractivity contribution in [1.82, 2.24) is 4.98 Å². The highest BCUT2D eigenvalue weighted by molar-refractivity contribution is 7.26. The van der Waals surface area contributed by atoms with E-state index in [0.29, 0.717) is 23.1 Å².